The van der Waals surface area contributed by atoms with Crippen LogP contribution in [0, 0.1) is 0 Å². The molecule has 0 bridgehead atoms. The summed E-state index contributed by atoms with van der Waals surface area (Å²) in [6, 6.07) is 15.8. The van der Waals surface area contributed by atoms with Gasteiger partial charge in [-0.3, -0.25) is 9.69 Å². The number of carbonyl (C=O) groups excluding carboxylic acids is 1. The van der Waals surface area contributed by atoms with Crippen molar-refractivity contribution in [3.05, 3.63) is 59.7 Å². The van der Waals surface area contributed by atoms with Crippen LogP contribution in [-0.2, 0) is 6.54 Å². The van der Waals surface area contributed by atoms with Crippen molar-refractivity contribution in [1.82, 2.24) is 10.2 Å². The van der Waals surface area contributed by atoms with E-state index in [2.05, 4.69) is 34.5 Å². The summed E-state index contributed by atoms with van der Waals surface area (Å²) in [5.74, 6) is 1.11. The van der Waals surface area contributed by atoms with Gasteiger partial charge in [0.2, 0.25) is 0 Å². The highest BCUT2D eigenvalue weighted by molar-refractivity contribution is 5.95. The Hall–Kier alpha value is -2.53. The first-order valence-electron chi connectivity index (χ1n) is 8.48. The van der Waals surface area contributed by atoms with Gasteiger partial charge in [0.25, 0.3) is 5.91 Å². The van der Waals surface area contributed by atoms with Gasteiger partial charge in [0.15, 0.2) is 11.5 Å². The molecule has 0 spiro atoms. The van der Waals surface area contributed by atoms with E-state index in [1.807, 2.05) is 6.07 Å². The molecule has 1 atom stereocenters. The summed E-state index contributed by atoms with van der Waals surface area (Å²) in [5.41, 5.74) is 1.88. The molecular weight excluding hydrogens is 316 g/mol. The molecule has 1 fully saturated rings. The second kappa shape index (κ2) is 8.03. The summed E-state index contributed by atoms with van der Waals surface area (Å²) in [5, 5.41) is 3.12. The lowest BCUT2D eigenvalue weighted by atomic mass is 10.1. The average Bonchev–Trinajstić information content (AvgIpc) is 3.08. The predicted molar refractivity (Wildman–Crippen MR) is 97.1 cm³/mol. The molecule has 1 heterocycles. The summed E-state index contributed by atoms with van der Waals surface area (Å²) in [6.45, 7) is 2.78. The highest BCUT2D eigenvalue weighted by Gasteiger charge is 2.24. The Morgan fingerprint density at radius 1 is 1.12 bits per heavy atom. The maximum Gasteiger partial charge on any atom is 0.251 e. The quantitative estimate of drug-likeness (QED) is 0.878. The van der Waals surface area contributed by atoms with E-state index in [1.54, 1.807) is 32.4 Å². The molecule has 1 aliphatic heterocycles. The number of methoxy groups -OCH3 is 2. The zero-order valence-corrected chi connectivity index (χ0v) is 14.7. The third kappa shape index (κ3) is 4.31. The van der Waals surface area contributed by atoms with E-state index in [1.165, 1.54) is 5.56 Å². The van der Waals surface area contributed by atoms with Crippen LogP contribution in [0.3, 0.4) is 0 Å². The van der Waals surface area contributed by atoms with Crippen LogP contribution in [0.5, 0.6) is 11.5 Å². The molecule has 5 nitrogen and oxygen atoms in total. The molecule has 0 aliphatic carbocycles. The van der Waals surface area contributed by atoms with Gasteiger partial charge in [0.1, 0.15) is 0 Å². The van der Waals surface area contributed by atoms with Crippen molar-refractivity contribution in [2.24, 2.45) is 0 Å². The summed E-state index contributed by atoms with van der Waals surface area (Å²) < 4.78 is 10.5. The van der Waals surface area contributed by atoms with Crippen LogP contribution in [0.4, 0.5) is 0 Å². The predicted octanol–water partition coefficient (Wildman–Crippen LogP) is 2.71. The molecule has 2 aromatic carbocycles. The van der Waals surface area contributed by atoms with Gasteiger partial charge in [-0.15, -0.1) is 0 Å². The topological polar surface area (TPSA) is 50.8 Å². The standard InChI is InChI=1S/C20H24N2O3/c1-24-18-9-8-16(12-19(18)25-2)20(23)21-17-10-11-22(14-17)13-15-6-4-3-5-7-15/h3-9,12,17H,10-11,13-14H2,1-2H3,(H,21,23). The highest BCUT2D eigenvalue weighted by Crippen LogP contribution is 2.27. The molecule has 5 heteroatoms. The maximum absolute atomic E-state index is 12.5. The second-order valence-corrected chi connectivity index (χ2v) is 6.25. The zero-order chi connectivity index (χ0) is 17.6. The van der Waals surface area contributed by atoms with Gasteiger partial charge in [-0.05, 0) is 30.2 Å². The van der Waals surface area contributed by atoms with E-state index < -0.39 is 0 Å². The fourth-order valence-corrected chi connectivity index (χ4v) is 3.18. The number of rotatable bonds is 6. The third-order valence-corrected chi connectivity index (χ3v) is 4.50. The summed E-state index contributed by atoms with van der Waals surface area (Å²) >= 11 is 0. The average molecular weight is 340 g/mol. The Labute approximate surface area is 148 Å². The van der Waals surface area contributed by atoms with Crippen LogP contribution in [0.15, 0.2) is 48.5 Å². The molecule has 1 amide bonds. The Morgan fingerprint density at radius 2 is 1.88 bits per heavy atom. The van der Waals surface area contributed by atoms with E-state index in [-0.39, 0.29) is 11.9 Å². The number of benzene rings is 2. The number of carbonyl (C=O) groups is 1. The smallest absolute Gasteiger partial charge is 0.251 e. The molecular formula is C20H24N2O3. The summed E-state index contributed by atoms with van der Waals surface area (Å²) in [6.07, 6.45) is 0.964. The number of amides is 1. The summed E-state index contributed by atoms with van der Waals surface area (Å²) in [4.78, 5) is 14.9. The van der Waals surface area contributed by atoms with E-state index in [4.69, 9.17) is 9.47 Å². The lowest BCUT2D eigenvalue weighted by molar-refractivity contribution is 0.0937. The minimum atomic E-state index is -0.0764. The van der Waals surface area contributed by atoms with Crippen LogP contribution < -0.4 is 14.8 Å². The Balaban J connectivity index is 1.57. The van der Waals surface area contributed by atoms with Crippen molar-refractivity contribution in [1.29, 1.82) is 0 Å². The molecule has 0 aromatic heterocycles. The molecule has 25 heavy (non-hydrogen) atoms. The molecule has 0 saturated carbocycles. The van der Waals surface area contributed by atoms with Crippen LogP contribution in [-0.4, -0.2) is 44.2 Å². The molecule has 1 N–H and O–H groups in total. The van der Waals surface area contributed by atoms with Crippen LogP contribution in [0.2, 0.25) is 0 Å². The fourth-order valence-electron chi connectivity index (χ4n) is 3.18. The van der Waals surface area contributed by atoms with Gasteiger partial charge in [-0.25, -0.2) is 0 Å². The molecule has 0 radical (unpaired) electrons. The van der Waals surface area contributed by atoms with Crippen LogP contribution >= 0.6 is 0 Å². The van der Waals surface area contributed by atoms with E-state index >= 15 is 0 Å². The molecule has 1 aliphatic rings. The lowest BCUT2D eigenvalue weighted by Crippen LogP contribution is -2.37. The van der Waals surface area contributed by atoms with Gasteiger partial charge in [-0.2, -0.15) is 0 Å². The van der Waals surface area contributed by atoms with Gasteiger partial charge < -0.3 is 14.8 Å². The Morgan fingerprint density at radius 3 is 2.60 bits per heavy atom. The highest BCUT2D eigenvalue weighted by atomic mass is 16.5. The number of likely N-dealkylation sites (tertiary alicyclic amines) is 1. The van der Waals surface area contributed by atoms with E-state index in [0.29, 0.717) is 17.1 Å². The van der Waals surface area contributed by atoms with Crippen molar-refractivity contribution in [2.45, 2.75) is 19.0 Å². The zero-order valence-electron chi connectivity index (χ0n) is 14.7. The molecule has 3 rings (SSSR count). The Bertz CT molecular complexity index is 718. The van der Waals surface area contributed by atoms with Gasteiger partial charge in [-0.1, -0.05) is 30.3 Å². The van der Waals surface area contributed by atoms with Crippen molar-refractivity contribution in [3.63, 3.8) is 0 Å². The fraction of sp³-hybridized carbons (Fsp3) is 0.350. The second-order valence-electron chi connectivity index (χ2n) is 6.25. The number of nitrogens with zero attached hydrogens (tertiary/aromatic N) is 1. The summed E-state index contributed by atoms with van der Waals surface area (Å²) in [7, 11) is 3.15. The molecule has 132 valence electrons. The molecule has 1 saturated heterocycles. The first-order valence-corrected chi connectivity index (χ1v) is 8.48. The SMILES string of the molecule is COc1ccc(C(=O)NC2CCN(Cc3ccccc3)C2)cc1OC. The number of ether oxygens (including phenoxy) is 2. The molecule has 1 unspecified atom stereocenters. The van der Waals surface area contributed by atoms with Crippen LogP contribution in [0.25, 0.3) is 0 Å². The minimum absolute atomic E-state index is 0.0764. The van der Waals surface area contributed by atoms with Gasteiger partial charge >= 0.3 is 0 Å². The number of hydrogen-bond donors (Lipinski definition) is 1. The number of hydrogen-bond acceptors (Lipinski definition) is 4. The number of nitrogens with one attached hydrogen (secondary N) is 1. The van der Waals surface area contributed by atoms with Gasteiger partial charge in [0.05, 0.1) is 14.2 Å². The van der Waals surface area contributed by atoms with Crippen molar-refractivity contribution in [3.8, 4) is 11.5 Å². The lowest BCUT2D eigenvalue weighted by Gasteiger charge is -2.17. The van der Waals surface area contributed by atoms with Crippen LogP contribution in [0.1, 0.15) is 22.3 Å². The first kappa shape index (κ1) is 17.3. The minimum Gasteiger partial charge on any atom is -0.493 e. The Kier molecular flexibility index (Phi) is 5.56. The van der Waals surface area contributed by atoms with Gasteiger partial charge in [0, 0.05) is 31.2 Å². The monoisotopic (exact) mass is 340 g/mol. The van der Waals surface area contributed by atoms with Crippen molar-refractivity contribution in [2.75, 3.05) is 27.3 Å². The van der Waals surface area contributed by atoms with E-state index in [0.717, 1.165) is 26.1 Å². The first-order chi connectivity index (χ1) is 12.2. The van der Waals surface area contributed by atoms with Crippen molar-refractivity contribution >= 4 is 5.91 Å². The van der Waals surface area contributed by atoms with E-state index in [9.17, 15) is 4.79 Å². The van der Waals surface area contributed by atoms with Crippen molar-refractivity contribution < 1.29 is 14.3 Å². The maximum atomic E-state index is 12.5. The largest absolute Gasteiger partial charge is 0.493 e. The third-order valence-electron chi connectivity index (χ3n) is 4.50. The normalized spacial score (nSPS) is 17.3. The molecule has 2 aromatic rings.